The van der Waals surface area contributed by atoms with Gasteiger partial charge in [0.1, 0.15) is 23.8 Å². The number of esters is 1. The smallest absolute Gasteiger partial charge is 0.410 e. The quantitative estimate of drug-likeness (QED) is 0.135. The third kappa shape index (κ3) is 9.94. The lowest BCUT2D eigenvalue weighted by Gasteiger charge is -2.47. The van der Waals surface area contributed by atoms with Crippen molar-refractivity contribution in [3.8, 4) is 23.1 Å². The molecule has 13 atom stereocenters. The summed E-state index contributed by atoms with van der Waals surface area (Å²) in [7, 11) is 3.80. The number of benzene rings is 1. The second-order valence-corrected chi connectivity index (χ2v) is 20.6. The zero-order valence-corrected chi connectivity index (χ0v) is 40.5. The molecule has 4 aliphatic heterocycles. The lowest BCUT2D eigenvalue weighted by molar-refractivity contribution is -0.286. The summed E-state index contributed by atoms with van der Waals surface area (Å²) in [6.07, 6.45) is -3.03. The molecule has 7 rings (SSSR count). The van der Waals surface area contributed by atoms with E-state index in [4.69, 9.17) is 23.9 Å². The Hall–Kier alpha value is -4.57. The second-order valence-electron chi connectivity index (χ2n) is 18.9. The molecule has 0 saturated carbocycles. The lowest BCUT2D eigenvalue weighted by Crippen LogP contribution is -2.58. The molecule has 2 aromatic heterocycles. The number of carbonyl (C=O) groups excluding carboxylic acids is 4. The predicted molar refractivity (Wildman–Crippen MR) is 249 cm³/mol. The molecule has 350 valence electrons. The Bertz CT molecular complexity index is 2310. The maximum atomic E-state index is 14.7. The summed E-state index contributed by atoms with van der Waals surface area (Å²) in [6.45, 7) is 15.8. The van der Waals surface area contributed by atoms with E-state index in [1.54, 1.807) is 24.8 Å². The molecular weight excluding hydrogens is 869 g/mol. The summed E-state index contributed by atoms with van der Waals surface area (Å²) in [4.78, 5) is 65.7. The first-order chi connectivity index (χ1) is 30.8. The van der Waals surface area contributed by atoms with Gasteiger partial charge in [-0.05, 0) is 95.8 Å². The van der Waals surface area contributed by atoms with Crippen LogP contribution < -0.4 is 5.32 Å². The average molecular weight is 931 g/mol. The number of nitrogens with zero attached hydrogens (tertiary/aromatic N) is 5. The topological polar surface area (TPSA) is 182 Å². The van der Waals surface area contributed by atoms with Crippen molar-refractivity contribution < 1.29 is 43.2 Å². The molecule has 2 amide bonds. The molecule has 2 N–H and O–H groups in total. The van der Waals surface area contributed by atoms with Crippen molar-refractivity contribution in [2.24, 2.45) is 34.1 Å². The van der Waals surface area contributed by atoms with E-state index in [9.17, 15) is 24.3 Å². The lowest BCUT2D eigenvalue weighted by atomic mass is 9.66. The van der Waals surface area contributed by atoms with E-state index < -0.39 is 71.3 Å². The predicted octanol–water partition coefficient (Wildman–Crippen LogP) is 6.95. The van der Waals surface area contributed by atoms with Crippen molar-refractivity contribution in [1.82, 2.24) is 19.4 Å². The SMILES string of the molecule is CC[C@H]1OC(=O)[C@H](C)C(=O)[C@H](C)[C@@H](OC2O[C@H](C)C[C@H](N(C)C)[C@H]2O)[C@@](C)(CC#Cc2ccc(C(=O)Nc3ccc(-c4csnn4)cc3)s2)C[C@@H](C)C2=NCCN3C(=O)O[C@@]1(C)C3[C@H]2C. The van der Waals surface area contributed by atoms with Gasteiger partial charge in [0.05, 0.1) is 34.5 Å². The maximum absolute atomic E-state index is 14.7. The number of rotatable bonds is 8. The fourth-order valence-corrected chi connectivity index (χ4v) is 11.8. The number of hydrogen-bond donors (Lipinski definition) is 2. The molecule has 65 heavy (non-hydrogen) atoms. The number of hydrogen-bond acceptors (Lipinski definition) is 15. The zero-order valence-electron chi connectivity index (χ0n) is 38.9. The van der Waals surface area contributed by atoms with E-state index in [0.29, 0.717) is 47.8 Å². The molecule has 4 aliphatic rings. The summed E-state index contributed by atoms with van der Waals surface area (Å²) < 4.78 is 29.6. The Labute approximate surface area is 389 Å². The van der Waals surface area contributed by atoms with Gasteiger partial charge in [-0.1, -0.05) is 63.1 Å². The third-order valence-electron chi connectivity index (χ3n) is 13.8. The molecule has 3 saturated heterocycles. The highest BCUT2D eigenvalue weighted by molar-refractivity contribution is 7.14. The van der Waals surface area contributed by atoms with Crippen LogP contribution in [0.3, 0.4) is 0 Å². The first-order valence-corrected chi connectivity index (χ1v) is 24.2. The summed E-state index contributed by atoms with van der Waals surface area (Å²) in [5.74, 6) is 2.71. The fourth-order valence-electron chi connectivity index (χ4n) is 10.5. The van der Waals surface area contributed by atoms with E-state index in [1.165, 1.54) is 22.9 Å². The number of ketones is 1. The van der Waals surface area contributed by atoms with Gasteiger partial charge in [-0.15, -0.1) is 16.4 Å². The highest BCUT2D eigenvalue weighted by atomic mass is 32.1. The van der Waals surface area contributed by atoms with Crippen molar-refractivity contribution in [3.63, 3.8) is 0 Å². The molecule has 0 aliphatic carbocycles. The van der Waals surface area contributed by atoms with Gasteiger partial charge in [0, 0.05) is 58.6 Å². The van der Waals surface area contributed by atoms with Crippen LogP contribution in [0.2, 0.25) is 0 Å². The van der Waals surface area contributed by atoms with E-state index in [1.807, 2.05) is 89.3 Å². The minimum absolute atomic E-state index is 0.206. The van der Waals surface area contributed by atoms with Crippen LogP contribution in [-0.4, -0.2) is 130 Å². The highest BCUT2D eigenvalue weighted by Gasteiger charge is 2.60. The molecule has 0 radical (unpaired) electrons. The van der Waals surface area contributed by atoms with Crippen molar-refractivity contribution in [3.05, 3.63) is 51.5 Å². The Balaban J connectivity index is 1.24. The molecule has 3 fully saturated rings. The summed E-state index contributed by atoms with van der Waals surface area (Å²) in [5, 5.41) is 20.7. The molecule has 2 unspecified atom stereocenters. The summed E-state index contributed by atoms with van der Waals surface area (Å²) in [5.41, 5.74) is 1.05. The van der Waals surface area contributed by atoms with E-state index in [-0.39, 0.29) is 36.3 Å². The van der Waals surface area contributed by atoms with Gasteiger partial charge in [-0.25, -0.2) is 4.79 Å². The maximum Gasteiger partial charge on any atom is 0.410 e. The normalized spacial score (nSPS) is 34.4. The summed E-state index contributed by atoms with van der Waals surface area (Å²) >= 11 is 2.54. The molecular formula is C48H62N6O9S2. The molecule has 1 aromatic carbocycles. The number of aromatic nitrogens is 2. The largest absolute Gasteiger partial charge is 0.458 e. The minimum Gasteiger partial charge on any atom is -0.458 e. The van der Waals surface area contributed by atoms with Gasteiger partial charge in [0.2, 0.25) is 0 Å². The monoisotopic (exact) mass is 930 g/mol. The van der Waals surface area contributed by atoms with Crippen LogP contribution >= 0.6 is 22.9 Å². The van der Waals surface area contributed by atoms with Crippen LogP contribution in [0.25, 0.3) is 11.3 Å². The first-order valence-electron chi connectivity index (χ1n) is 22.6. The van der Waals surface area contributed by atoms with Gasteiger partial charge in [0.25, 0.3) is 5.91 Å². The van der Waals surface area contributed by atoms with E-state index >= 15 is 0 Å². The van der Waals surface area contributed by atoms with Crippen LogP contribution in [0.1, 0.15) is 95.6 Å². The van der Waals surface area contributed by atoms with Crippen LogP contribution in [0.4, 0.5) is 10.5 Å². The van der Waals surface area contributed by atoms with Crippen molar-refractivity contribution in [1.29, 1.82) is 0 Å². The molecule has 0 spiro atoms. The Morgan fingerprint density at radius 3 is 2.48 bits per heavy atom. The Morgan fingerprint density at radius 2 is 1.80 bits per heavy atom. The third-order valence-corrected chi connectivity index (χ3v) is 15.3. The van der Waals surface area contributed by atoms with Gasteiger partial charge in [-0.3, -0.25) is 24.3 Å². The van der Waals surface area contributed by atoms with E-state index in [2.05, 4.69) is 33.7 Å². The number of ether oxygens (including phenoxy) is 4. The first kappa shape index (κ1) is 48.4. The number of amides is 2. The Morgan fingerprint density at radius 1 is 1.06 bits per heavy atom. The summed E-state index contributed by atoms with van der Waals surface area (Å²) in [6, 6.07) is 10.2. The number of likely N-dealkylation sites (N-methyl/N-ethyl adjacent to an activating group) is 1. The number of aliphatic hydroxyl groups excluding tert-OH is 1. The number of anilines is 1. The second kappa shape index (κ2) is 19.7. The highest BCUT2D eigenvalue weighted by Crippen LogP contribution is 2.46. The minimum atomic E-state index is -1.21. The van der Waals surface area contributed by atoms with Crippen LogP contribution in [-0.2, 0) is 28.5 Å². The number of cyclic esters (lactones) is 1. The number of aliphatic hydroxyl groups is 1. The van der Waals surface area contributed by atoms with E-state index in [0.717, 1.165) is 17.0 Å². The van der Waals surface area contributed by atoms with Crippen LogP contribution in [0.15, 0.2) is 46.8 Å². The number of nitrogens with one attached hydrogen (secondary N) is 1. The number of Topliss-reactive ketones (excluding diaryl/α,β-unsaturated/α-hetero) is 1. The number of carbonyl (C=O) groups is 4. The van der Waals surface area contributed by atoms with Gasteiger partial charge >= 0.3 is 12.1 Å². The van der Waals surface area contributed by atoms with Gasteiger partial charge in [0.15, 0.2) is 17.7 Å². The van der Waals surface area contributed by atoms with Crippen LogP contribution in [0.5, 0.6) is 0 Å². The standard InChI is InChI=1S/C48H62N6O9S2/c1-11-37-48(8)41-28(4)38(49-21-22-54(41)46(59)63-48)26(2)24-47(7,42(29(5)39(55)30(6)44(58)61-37)62-45-40(56)35(53(9)10)23-27(3)60-45)20-12-13-33-18-19-36(65-33)43(57)50-32-16-14-31(15-17-32)34-25-64-52-51-34/h14-19,25-30,35,37,40-42,45,56H,11,20-24H2,1-10H3,(H,50,57)/t26-,27-,28+,29+,30-,35+,37-,40-,41?,42-,45?,47+,48-/m1/s1. The molecule has 6 heterocycles. The Kier molecular flexibility index (Phi) is 14.7. The van der Waals surface area contributed by atoms with Crippen molar-refractivity contribution >= 4 is 58.0 Å². The molecule has 17 heteroatoms. The fraction of sp³-hybridized carbons (Fsp3) is 0.604. The number of fused-ring (bicyclic) bond motifs is 1. The van der Waals surface area contributed by atoms with Gasteiger partial charge in [-0.2, -0.15) is 0 Å². The number of thiophene rings is 1. The molecule has 2 bridgehead atoms. The van der Waals surface area contributed by atoms with Crippen LogP contribution in [0, 0.1) is 40.9 Å². The van der Waals surface area contributed by atoms with Crippen molar-refractivity contribution in [2.45, 2.75) is 129 Å². The molecule has 3 aromatic rings. The zero-order chi connectivity index (χ0) is 47.0. The van der Waals surface area contributed by atoms with Gasteiger partial charge < -0.3 is 34.3 Å². The van der Waals surface area contributed by atoms with Crippen molar-refractivity contribution in [2.75, 3.05) is 32.5 Å². The molecule has 15 nitrogen and oxygen atoms in total. The average Bonchev–Trinajstić information content (AvgIpc) is 4.01. The number of aliphatic imine (C=N–C) groups is 1.